The van der Waals surface area contributed by atoms with Gasteiger partial charge in [-0.1, -0.05) is 58.8 Å². The first-order chi connectivity index (χ1) is 17.4. The molecule has 0 amide bonds. The van der Waals surface area contributed by atoms with Crippen LogP contribution >= 0.6 is 34.5 Å². The summed E-state index contributed by atoms with van der Waals surface area (Å²) in [5, 5.41) is 1.16. The van der Waals surface area contributed by atoms with Crippen molar-refractivity contribution < 1.29 is 13.9 Å². The predicted octanol–water partition coefficient (Wildman–Crippen LogP) is 5.37. The molecule has 1 aliphatic rings. The second-order valence-corrected chi connectivity index (χ2v) is 9.95. The van der Waals surface area contributed by atoms with Crippen LogP contribution in [0.4, 0.5) is 0 Å². The molecule has 0 bridgehead atoms. The number of allylic oxidation sites excluding steroid dienone is 1. The number of carbonyl (C=O) groups is 1. The molecule has 182 valence electrons. The highest BCUT2D eigenvalue weighted by Crippen LogP contribution is 2.31. The topological polar surface area (TPSA) is 73.8 Å². The van der Waals surface area contributed by atoms with Crippen molar-refractivity contribution in [3.8, 4) is 11.3 Å². The number of halogens is 2. The van der Waals surface area contributed by atoms with Gasteiger partial charge in [0.1, 0.15) is 11.5 Å². The van der Waals surface area contributed by atoms with Crippen LogP contribution in [0.5, 0.6) is 0 Å². The Labute approximate surface area is 220 Å². The summed E-state index contributed by atoms with van der Waals surface area (Å²) >= 11 is 13.4. The monoisotopic (exact) mass is 538 g/mol. The van der Waals surface area contributed by atoms with E-state index in [4.69, 9.17) is 32.4 Å². The van der Waals surface area contributed by atoms with Crippen molar-refractivity contribution in [3.63, 3.8) is 0 Å². The van der Waals surface area contributed by atoms with Gasteiger partial charge in [0.15, 0.2) is 4.80 Å². The molecule has 0 N–H and O–H groups in total. The number of hydrogen-bond donors (Lipinski definition) is 0. The van der Waals surface area contributed by atoms with Gasteiger partial charge in [-0.2, -0.15) is 0 Å². The van der Waals surface area contributed by atoms with Crippen LogP contribution in [0.1, 0.15) is 31.2 Å². The molecule has 4 aromatic rings. The second kappa shape index (κ2) is 9.93. The molecule has 6 nitrogen and oxygen atoms in total. The van der Waals surface area contributed by atoms with E-state index in [-0.39, 0.29) is 12.2 Å². The highest BCUT2D eigenvalue weighted by Gasteiger charge is 2.33. The number of furan rings is 1. The minimum atomic E-state index is -0.696. The average Bonchev–Trinajstić information content (AvgIpc) is 3.43. The van der Waals surface area contributed by atoms with Gasteiger partial charge in [0.2, 0.25) is 0 Å². The van der Waals surface area contributed by atoms with E-state index in [1.165, 1.54) is 15.9 Å². The van der Waals surface area contributed by atoms with Gasteiger partial charge in [0.05, 0.1) is 28.5 Å². The van der Waals surface area contributed by atoms with E-state index in [0.717, 1.165) is 11.1 Å². The van der Waals surface area contributed by atoms with Gasteiger partial charge in [0, 0.05) is 21.7 Å². The molecular formula is C27H20Cl2N2O4S. The van der Waals surface area contributed by atoms with E-state index in [2.05, 4.69) is 4.99 Å². The molecule has 3 heterocycles. The summed E-state index contributed by atoms with van der Waals surface area (Å²) in [5.74, 6) is 0.640. The molecular weight excluding hydrogens is 519 g/mol. The van der Waals surface area contributed by atoms with Crippen LogP contribution in [0.3, 0.4) is 0 Å². The van der Waals surface area contributed by atoms with E-state index in [1.807, 2.05) is 24.3 Å². The SMILES string of the molecule is CCOC(=O)C1=C(C)N=c2s/c(=C\c3ccc(-c4cccc(Cl)c4)o3)c(=O)n2C1c1ccc(Cl)cc1. The van der Waals surface area contributed by atoms with Crippen LogP contribution < -0.4 is 14.9 Å². The third-order valence-corrected chi connectivity index (χ3v) is 7.18. The zero-order chi connectivity index (χ0) is 25.4. The lowest BCUT2D eigenvalue weighted by Gasteiger charge is -2.24. The molecule has 36 heavy (non-hydrogen) atoms. The minimum Gasteiger partial charge on any atom is -0.463 e. The molecule has 5 rings (SSSR count). The molecule has 1 atom stereocenters. The molecule has 1 unspecified atom stereocenters. The number of esters is 1. The fourth-order valence-corrected chi connectivity index (χ4v) is 5.45. The lowest BCUT2D eigenvalue weighted by molar-refractivity contribution is -0.139. The van der Waals surface area contributed by atoms with E-state index in [9.17, 15) is 9.59 Å². The maximum atomic E-state index is 13.6. The molecule has 0 spiro atoms. The Morgan fingerprint density at radius 1 is 1.14 bits per heavy atom. The normalized spacial score (nSPS) is 15.6. The van der Waals surface area contributed by atoms with Gasteiger partial charge in [-0.3, -0.25) is 9.36 Å². The number of ether oxygens (including phenoxy) is 1. The number of aromatic nitrogens is 1. The minimum absolute atomic E-state index is 0.209. The first kappa shape index (κ1) is 24.3. The zero-order valence-corrected chi connectivity index (χ0v) is 21.7. The lowest BCUT2D eigenvalue weighted by Crippen LogP contribution is -2.39. The smallest absolute Gasteiger partial charge is 0.338 e. The van der Waals surface area contributed by atoms with Crippen LogP contribution in [0.25, 0.3) is 17.4 Å². The van der Waals surface area contributed by atoms with Crippen molar-refractivity contribution in [1.29, 1.82) is 0 Å². The zero-order valence-electron chi connectivity index (χ0n) is 19.3. The van der Waals surface area contributed by atoms with E-state index < -0.39 is 12.0 Å². The first-order valence-corrected chi connectivity index (χ1v) is 12.7. The Bertz CT molecular complexity index is 1680. The molecule has 0 saturated carbocycles. The fraction of sp³-hybridized carbons (Fsp3) is 0.148. The highest BCUT2D eigenvalue weighted by molar-refractivity contribution is 7.07. The van der Waals surface area contributed by atoms with E-state index >= 15 is 0 Å². The fourth-order valence-electron chi connectivity index (χ4n) is 4.11. The molecule has 1 aliphatic heterocycles. The Balaban J connectivity index is 1.64. The summed E-state index contributed by atoms with van der Waals surface area (Å²) in [5.41, 5.74) is 2.10. The summed E-state index contributed by atoms with van der Waals surface area (Å²) < 4.78 is 13.2. The maximum absolute atomic E-state index is 13.6. The van der Waals surface area contributed by atoms with Crippen molar-refractivity contribution in [2.45, 2.75) is 19.9 Å². The Kier molecular flexibility index (Phi) is 6.71. The Morgan fingerprint density at radius 2 is 1.92 bits per heavy atom. The number of hydrogen-bond acceptors (Lipinski definition) is 6. The molecule has 2 aromatic heterocycles. The third-order valence-electron chi connectivity index (χ3n) is 5.71. The summed E-state index contributed by atoms with van der Waals surface area (Å²) in [6.45, 7) is 3.69. The number of benzene rings is 2. The van der Waals surface area contributed by atoms with Gasteiger partial charge in [-0.15, -0.1) is 0 Å². The Morgan fingerprint density at radius 3 is 2.64 bits per heavy atom. The molecule has 9 heteroatoms. The van der Waals surface area contributed by atoms with E-state index in [1.54, 1.807) is 56.3 Å². The largest absolute Gasteiger partial charge is 0.463 e. The molecule has 0 radical (unpaired) electrons. The van der Waals surface area contributed by atoms with Gasteiger partial charge in [-0.25, -0.2) is 9.79 Å². The predicted molar refractivity (Wildman–Crippen MR) is 141 cm³/mol. The van der Waals surface area contributed by atoms with Crippen LogP contribution in [0.2, 0.25) is 10.0 Å². The number of rotatable bonds is 5. The van der Waals surface area contributed by atoms with Gasteiger partial charge in [-0.05, 0) is 55.8 Å². The summed E-state index contributed by atoms with van der Waals surface area (Å²) in [4.78, 5) is 31.6. The quantitative estimate of drug-likeness (QED) is 0.320. The summed E-state index contributed by atoms with van der Waals surface area (Å²) in [6.07, 6.45) is 1.68. The maximum Gasteiger partial charge on any atom is 0.338 e. The van der Waals surface area contributed by atoms with Crippen molar-refractivity contribution in [2.75, 3.05) is 6.61 Å². The molecule has 0 fully saturated rings. The lowest BCUT2D eigenvalue weighted by atomic mass is 9.96. The second-order valence-electron chi connectivity index (χ2n) is 8.07. The van der Waals surface area contributed by atoms with Crippen molar-refractivity contribution in [1.82, 2.24) is 4.57 Å². The Hall–Kier alpha value is -3.39. The van der Waals surface area contributed by atoms with Gasteiger partial charge >= 0.3 is 5.97 Å². The molecule has 0 aliphatic carbocycles. The van der Waals surface area contributed by atoms with Crippen LogP contribution in [-0.2, 0) is 9.53 Å². The summed E-state index contributed by atoms with van der Waals surface area (Å²) in [6, 6.07) is 17.3. The molecule has 0 saturated heterocycles. The van der Waals surface area contributed by atoms with Crippen LogP contribution in [0.15, 0.2) is 86.1 Å². The number of nitrogens with zero attached hydrogens (tertiary/aromatic N) is 2. The number of fused-ring (bicyclic) bond motifs is 1. The van der Waals surface area contributed by atoms with Crippen LogP contribution in [0, 0.1) is 0 Å². The van der Waals surface area contributed by atoms with Crippen molar-refractivity contribution in [2.24, 2.45) is 4.99 Å². The van der Waals surface area contributed by atoms with Crippen molar-refractivity contribution in [3.05, 3.63) is 113 Å². The number of thiazole rings is 1. The average molecular weight is 539 g/mol. The van der Waals surface area contributed by atoms with Crippen LogP contribution in [-0.4, -0.2) is 17.1 Å². The van der Waals surface area contributed by atoms with Gasteiger partial charge in [0.25, 0.3) is 5.56 Å². The highest BCUT2D eigenvalue weighted by atomic mass is 35.5. The summed E-state index contributed by atoms with van der Waals surface area (Å²) in [7, 11) is 0. The first-order valence-electron chi connectivity index (χ1n) is 11.2. The number of carbonyl (C=O) groups excluding carboxylic acids is 1. The van der Waals surface area contributed by atoms with Crippen molar-refractivity contribution >= 4 is 46.6 Å². The third kappa shape index (κ3) is 4.57. The van der Waals surface area contributed by atoms with Gasteiger partial charge < -0.3 is 9.15 Å². The standard InChI is InChI=1S/C27H20Cl2N2O4S/c1-3-34-26(33)23-15(2)30-27-31(24(23)16-7-9-18(28)10-8-16)25(32)22(36-27)14-20-11-12-21(35-20)17-5-4-6-19(29)13-17/h4-14,24H,3H2,1-2H3/b22-14-. The van der Waals surface area contributed by atoms with E-state index in [0.29, 0.717) is 42.2 Å². The molecule has 2 aromatic carbocycles.